The fourth-order valence-corrected chi connectivity index (χ4v) is 4.48. The standard InChI is InChI=1S/C20H23N5/c1-4-24-12(3)25(5-2)18-10-16-15(9-17(18)24)14-8-6-7-13-11-21-23-19(13)20(14)22-16/h9-11,22H,3-8H2,1-2H3,(H,21,23). The van der Waals surface area contributed by atoms with Crippen LogP contribution in [0.2, 0.25) is 0 Å². The van der Waals surface area contributed by atoms with Crippen LogP contribution in [-0.4, -0.2) is 28.3 Å². The first kappa shape index (κ1) is 14.6. The first-order valence-corrected chi connectivity index (χ1v) is 9.18. The van der Waals surface area contributed by atoms with Crippen molar-refractivity contribution in [1.82, 2.24) is 15.2 Å². The SMILES string of the molecule is C=C1N(CC)c2cc3[nH]c4c(c3cc2N1CC)CCCc1c[nH]nc1-4. The van der Waals surface area contributed by atoms with E-state index in [9.17, 15) is 0 Å². The third kappa shape index (κ3) is 1.86. The number of benzene rings is 1. The van der Waals surface area contributed by atoms with Gasteiger partial charge in [0.25, 0.3) is 0 Å². The molecule has 128 valence electrons. The van der Waals surface area contributed by atoms with Crippen LogP contribution in [0.15, 0.2) is 30.7 Å². The van der Waals surface area contributed by atoms with Crippen LogP contribution in [0.1, 0.15) is 31.4 Å². The Hall–Kier alpha value is -2.69. The van der Waals surface area contributed by atoms with Gasteiger partial charge in [-0.1, -0.05) is 6.58 Å². The molecule has 0 unspecified atom stereocenters. The quantitative estimate of drug-likeness (QED) is 0.739. The monoisotopic (exact) mass is 333 g/mol. The number of nitrogens with one attached hydrogen (secondary N) is 2. The van der Waals surface area contributed by atoms with E-state index >= 15 is 0 Å². The lowest BCUT2D eigenvalue weighted by molar-refractivity contribution is 0.838. The summed E-state index contributed by atoms with van der Waals surface area (Å²) in [5.41, 5.74) is 8.72. The molecule has 2 N–H and O–H groups in total. The molecule has 1 aromatic carbocycles. The number of aromatic amines is 2. The number of hydrogen-bond donors (Lipinski definition) is 2. The van der Waals surface area contributed by atoms with E-state index < -0.39 is 0 Å². The van der Waals surface area contributed by atoms with Gasteiger partial charge in [0, 0.05) is 30.2 Å². The fraction of sp³-hybridized carbons (Fsp3) is 0.350. The molecule has 0 radical (unpaired) electrons. The predicted molar refractivity (Wildman–Crippen MR) is 103 cm³/mol. The van der Waals surface area contributed by atoms with Crippen molar-refractivity contribution in [2.45, 2.75) is 33.1 Å². The molecule has 5 heteroatoms. The molecule has 0 fully saturated rings. The van der Waals surface area contributed by atoms with E-state index in [0.717, 1.165) is 43.9 Å². The normalized spacial score (nSPS) is 16.2. The summed E-state index contributed by atoms with van der Waals surface area (Å²) in [7, 11) is 0. The number of H-pyrrole nitrogens is 2. The largest absolute Gasteiger partial charge is 0.353 e. The van der Waals surface area contributed by atoms with Crippen molar-refractivity contribution in [1.29, 1.82) is 0 Å². The molecule has 5 nitrogen and oxygen atoms in total. The summed E-state index contributed by atoms with van der Waals surface area (Å²) in [6.07, 6.45) is 5.38. The van der Waals surface area contributed by atoms with E-state index in [0.29, 0.717) is 0 Å². The van der Waals surface area contributed by atoms with E-state index in [1.165, 1.54) is 39.1 Å². The van der Waals surface area contributed by atoms with Crippen molar-refractivity contribution >= 4 is 22.3 Å². The van der Waals surface area contributed by atoms with Gasteiger partial charge in [-0.2, -0.15) is 5.10 Å². The van der Waals surface area contributed by atoms with Crippen LogP contribution in [0, 0.1) is 0 Å². The maximum atomic E-state index is 4.52. The fourth-order valence-electron chi connectivity index (χ4n) is 4.48. The van der Waals surface area contributed by atoms with Gasteiger partial charge in [0.1, 0.15) is 11.5 Å². The van der Waals surface area contributed by atoms with E-state index in [-0.39, 0.29) is 0 Å². The summed E-state index contributed by atoms with van der Waals surface area (Å²) in [6.45, 7) is 10.5. The van der Waals surface area contributed by atoms with Crippen LogP contribution >= 0.6 is 0 Å². The molecule has 0 saturated carbocycles. The second-order valence-corrected chi connectivity index (χ2v) is 6.88. The zero-order valence-electron chi connectivity index (χ0n) is 14.8. The van der Waals surface area contributed by atoms with Crippen molar-refractivity contribution in [3.05, 3.63) is 41.9 Å². The molecular weight excluding hydrogens is 310 g/mol. The van der Waals surface area contributed by atoms with Gasteiger partial charge in [0.2, 0.25) is 0 Å². The molecule has 0 spiro atoms. The van der Waals surface area contributed by atoms with Gasteiger partial charge in [-0.25, -0.2) is 0 Å². The molecule has 1 aliphatic heterocycles. The summed E-state index contributed by atoms with van der Waals surface area (Å²) in [5.74, 6) is 1.08. The Balaban J connectivity index is 1.77. The van der Waals surface area contributed by atoms with Gasteiger partial charge >= 0.3 is 0 Å². The van der Waals surface area contributed by atoms with E-state index in [1.54, 1.807) is 0 Å². The lowest BCUT2D eigenvalue weighted by Crippen LogP contribution is -2.26. The number of nitrogens with zero attached hydrogens (tertiary/aromatic N) is 3. The second-order valence-electron chi connectivity index (χ2n) is 6.88. The van der Waals surface area contributed by atoms with Gasteiger partial charge in [-0.15, -0.1) is 0 Å². The van der Waals surface area contributed by atoms with Crippen LogP contribution < -0.4 is 9.80 Å². The van der Waals surface area contributed by atoms with Crippen LogP contribution in [0.3, 0.4) is 0 Å². The highest BCUT2D eigenvalue weighted by molar-refractivity contribution is 5.99. The number of fused-ring (bicyclic) bond motifs is 6. The molecule has 1 aliphatic carbocycles. The average Bonchev–Trinajstić information content (AvgIpc) is 3.24. The Kier molecular flexibility index (Phi) is 3.02. The molecule has 0 bridgehead atoms. The minimum absolute atomic E-state index is 0.928. The number of hydrogen-bond acceptors (Lipinski definition) is 3. The van der Waals surface area contributed by atoms with Crippen LogP contribution in [0.4, 0.5) is 11.4 Å². The average molecular weight is 333 g/mol. The highest BCUT2D eigenvalue weighted by atomic mass is 15.4. The summed E-state index contributed by atoms with van der Waals surface area (Å²) in [6, 6.07) is 4.64. The van der Waals surface area contributed by atoms with Gasteiger partial charge in [-0.05, 0) is 56.4 Å². The maximum Gasteiger partial charge on any atom is 0.112 e. The Morgan fingerprint density at radius 2 is 1.88 bits per heavy atom. The third-order valence-electron chi connectivity index (χ3n) is 5.67. The first-order chi connectivity index (χ1) is 12.2. The lowest BCUT2D eigenvalue weighted by Gasteiger charge is -2.21. The number of rotatable bonds is 2. The Morgan fingerprint density at radius 1 is 1.12 bits per heavy atom. The second kappa shape index (κ2) is 5.15. The van der Waals surface area contributed by atoms with Crippen molar-refractivity contribution in [3.8, 4) is 11.4 Å². The Morgan fingerprint density at radius 3 is 2.64 bits per heavy atom. The third-order valence-corrected chi connectivity index (χ3v) is 5.67. The van der Waals surface area contributed by atoms with Crippen LogP contribution in [0.5, 0.6) is 0 Å². The van der Waals surface area contributed by atoms with Crippen LogP contribution in [0.25, 0.3) is 22.3 Å². The smallest absolute Gasteiger partial charge is 0.112 e. The first-order valence-electron chi connectivity index (χ1n) is 9.18. The van der Waals surface area contributed by atoms with Gasteiger partial charge < -0.3 is 14.8 Å². The van der Waals surface area contributed by atoms with Gasteiger partial charge in [0.15, 0.2) is 0 Å². The van der Waals surface area contributed by atoms with Crippen molar-refractivity contribution in [2.75, 3.05) is 22.9 Å². The molecule has 25 heavy (non-hydrogen) atoms. The summed E-state index contributed by atoms with van der Waals surface area (Å²) >= 11 is 0. The molecule has 3 aromatic rings. The molecule has 2 aliphatic rings. The zero-order valence-corrected chi connectivity index (χ0v) is 14.8. The number of aryl methyl sites for hydroxylation is 2. The van der Waals surface area contributed by atoms with Crippen LogP contribution in [-0.2, 0) is 12.8 Å². The topological polar surface area (TPSA) is 51.0 Å². The Bertz CT molecular complexity index is 993. The highest BCUT2D eigenvalue weighted by Gasteiger charge is 2.30. The molecule has 0 amide bonds. The molecule has 2 aromatic heterocycles. The Labute approximate surface area is 147 Å². The lowest BCUT2D eigenvalue weighted by atomic mass is 10.0. The maximum absolute atomic E-state index is 4.52. The molecule has 0 atom stereocenters. The highest BCUT2D eigenvalue weighted by Crippen LogP contribution is 2.45. The van der Waals surface area contributed by atoms with Gasteiger partial charge in [0.05, 0.1) is 17.1 Å². The predicted octanol–water partition coefficient (Wildman–Crippen LogP) is 4.18. The van der Waals surface area contributed by atoms with E-state index in [2.05, 4.69) is 57.5 Å². The molecule has 0 saturated heterocycles. The summed E-state index contributed by atoms with van der Waals surface area (Å²) < 4.78 is 0. The molecular formula is C20H23N5. The summed E-state index contributed by atoms with van der Waals surface area (Å²) in [5, 5.41) is 8.88. The van der Waals surface area contributed by atoms with Crippen molar-refractivity contribution in [3.63, 3.8) is 0 Å². The molecule has 3 heterocycles. The summed E-state index contributed by atoms with van der Waals surface area (Å²) in [4.78, 5) is 8.27. The zero-order chi connectivity index (χ0) is 17.1. The van der Waals surface area contributed by atoms with Gasteiger partial charge in [-0.3, -0.25) is 5.10 Å². The molecule has 5 rings (SSSR count). The number of anilines is 2. The minimum atomic E-state index is 0.928. The van der Waals surface area contributed by atoms with Crippen molar-refractivity contribution < 1.29 is 0 Å². The number of aromatic nitrogens is 3. The minimum Gasteiger partial charge on any atom is -0.353 e. The van der Waals surface area contributed by atoms with Crippen molar-refractivity contribution in [2.24, 2.45) is 0 Å². The van der Waals surface area contributed by atoms with E-state index in [4.69, 9.17) is 0 Å². The van der Waals surface area contributed by atoms with E-state index in [1.807, 2.05) is 6.20 Å².